The van der Waals surface area contributed by atoms with E-state index in [1.54, 1.807) is 0 Å². The van der Waals surface area contributed by atoms with Gasteiger partial charge in [0.15, 0.2) is 0 Å². The zero-order chi connectivity index (χ0) is 32.3. The molecule has 1 nitrogen and oxygen atoms in total. The molecule has 2 heterocycles. The maximum atomic E-state index is 6.49. The molecule has 0 unspecified atom stereocenters. The number of hydrogen-bond donors (Lipinski definition) is 0. The van der Waals surface area contributed by atoms with Crippen LogP contribution in [-0.2, 0) is 0 Å². The highest BCUT2D eigenvalue weighted by Gasteiger charge is 2.23. The second kappa shape index (κ2) is 11.6. The van der Waals surface area contributed by atoms with Gasteiger partial charge in [0.05, 0.1) is 0 Å². The van der Waals surface area contributed by atoms with Crippen LogP contribution in [0.3, 0.4) is 0 Å². The van der Waals surface area contributed by atoms with Gasteiger partial charge in [-0.1, -0.05) is 151 Å². The van der Waals surface area contributed by atoms with Crippen molar-refractivity contribution in [3.05, 3.63) is 170 Å². The molecule has 0 saturated heterocycles. The molecular formula is C46H28OS2. The average molecular weight is 661 g/mol. The van der Waals surface area contributed by atoms with Gasteiger partial charge < -0.3 is 4.42 Å². The van der Waals surface area contributed by atoms with Crippen molar-refractivity contribution >= 4 is 55.8 Å². The monoisotopic (exact) mass is 660 g/mol. The van der Waals surface area contributed by atoms with Crippen LogP contribution in [0, 0.1) is 0 Å². The molecule has 3 heteroatoms. The molecule has 1 aliphatic rings. The minimum Gasteiger partial charge on any atom is -0.456 e. The van der Waals surface area contributed by atoms with Crippen LogP contribution in [-0.4, -0.2) is 0 Å². The van der Waals surface area contributed by atoms with Gasteiger partial charge in [-0.25, -0.2) is 0 Å². The van der Waals surface area contributed by atoms with Crippen molar-refractivity contribution in [2.45, 2.75) is 19.6 Å². The third-order valence-electron chi connectivity index (χ3n) is 9.57. The molecule has 0 N–H and O–H groups in total. The van der Waals surface area contributed by atoms with Gasteiger partial charge in [-0.15, -0.1) is 0 Å². The van der Waals surface area contributed by atoms with Crippen LogP contribution in [0.5, 0.6) is 0 Å². The van der Waals surface area contributed by atoms with Crippen LogP contribution in [0.15, 0.2) is 194 Å². The standard InChI is InChI=1S/C46H28OS2/c1-2-11-29(12-3-1)41-25-26-42(47-41)31-22-23-32(39(28-31)38-17-10-20-45-46(38)49-44-19-9-8-18-43(44)48-45)30-21-24-37-35-15-5-4-13-33(35)34-14-6-7-16-36(34)40(37)27-30/h1-28H. The molecular weight excluding hydrogens is 633 g/mol. The lowest BCUT2D eigenvalue weighted by atomic mass is 9.89. The fourth-order valence-corrected chi connectivity index (χ4v) is 9.65. The van der Waals surface area contributed by atoms with Crippen LogP contribution >= 0.6 is 23.5 Å². The molecule has 0 radical (unpaired) electrons. The molecule has 8 aromatic carbocycles. The topological polar surface area (TPSA) is 13.1 Å². The van der Waals surface area contributed by atoms with Gasteiger partial charge in [0.2, 0.25) is 0 Å². The molecule has 0 spiro atoms. The first-order valence-electron chi connectivity index (χ1n) is 16.5. The van der Waals surface area contributed by atoms with Crippen molar-refractivity contribution < 1.29 is 4.42 Å². The first-order chi connectivity index (χ1) is 24.3. The molecule has 230 valence electrons. The summed E-state index contributed by atoms with van der Waals surface area (Å²) in [6.07, 6.45) is 0. The van der Waals surface area contributed by atoms with Gasteiger partial charge in [-0.3, -0.25) is 0 Å². The van der Waals surface area contributed by atoms with Gasteiger partial charge in [-0.2, -0.15) is 0 Å². The molecule has 1 aliphatic heterocycles. The Labute approximate surface area is 293 Å². The summed E-state index contributed by atoms with van der Waals surface area (Å²) in [6, 6.07) is 61.3. The smallest absolute Gasteiger partial charge is 0.134 e. The average Bonchev–Trinajstić information content (AvgIpc) is 3.68. The molecule has 0 atom stereocenters. The largest absolute Gasteiger partial charge is 0.456 e. The molecule has 10 rings (SSSR count). The molecule has 0 saturated carbocycles. The zero-order valence-electron chi connectivity index (χ0n) is 26.4. The van der Waals surface area contributed by atoms with Crippen LogP contribution in [0.1, 0.15) is 0 Å². The van der Waals surface area contributed by atoms with Crippen molar-refractivity contribution in [3.63, 3.8) is 0 Å². The number of furan rings is 1. The lowest BCUT2D eigenvalue weighted by molar-refractivity contribution is 0.597. The second-order valence-corrected chi connectivity index (χ2v) is 14.6. The SMILES string of the molecule is c1ccc(-c2ccc(-c3ccc(-c4ccc5c6ccccc6c6ccccc6c5c4)c(-c4cccc5c4Sc4ccccc4S5)c3)o2)cc1. The van der Waals surface area contributed by atoms with E-state index in [-0.39, 0.29) is 0 Å². The number of rotatable bonds is 4. The van der Waals surface area contributed by atoms with E-state index in [9.17, 15) is 0 Å². The highest BCUT2D eigenvalue weighted by molar-refractivity contribution is 8.05. The van der Waals surface area contributed by atoms with E-state index in [2.05, 4.69) is 152 Å². The summed E-state index contributed by atoms with van der Waals surface area (Å²) >= 11 is 3.73. The summed E-state index contributed by atoms with van der Waals surface area (Å²) in [4.78, 5) is 5.20. The molecule has 0 fully saturated rings. The van der Waals surface area contributed by atoms with E-state index >= 15 is 0 Å². The predicted molar refractivity (Wildman–Crippen MR) is 208 cm³/mol. The minimum atomic E-state index is 0.861. The number of benzene rings is 8. The minimum absolute atomic E-state index is 0.861. The number of fused-ring (bicyclic) bond motifs is 8. The van der Waals surface area contributed by atoms with Gasteiger partial charge in [0, 0.05) is 30.7 Å². The maximum absolute atomic E-state index is 6.49. The van der Waals surface area contributed by atoms with Crippen molar-refractivity contribution in [1.82, 2.24) is 0 Å². The summed E-state index contributed by atoms with van der Waals surface area (Å²) in [6.45, 7) is 0. The Bertz CT molecular complexity index is 2690. The van der Waals surface area contributed by atoms with Crippen molar-refractivity contribution in [2.75, 3.05) is 0 Å². The van der Waals surface area contributed by atoms with Crippen LogP contribution in [0.4, 0.5) is 0 Å². The first-order valence-corrected chi connectivity index (χ1v) is 18.1. The summed E-state index contributed by atoms with van der Waals surface area (Å²) < 4.78 is 6.49. The molecule has 9 aromatic rings. The summed E-state index contributed by atoms with van der Waals surface area (Å²) in [5.41, 5.74) is 6.97. The molecule has 0 aliphatic carbocycles. The van der Waals surface area contributed by atoms with Gasteiger partial charge >= 0.3 is 0 Å². The highest BCUT2D eigenvalue weighted by atomic mass is 32.2. The Morgan fingerprint density at radius 2 is 0.878 bits per heavy atom. The van der Waals surface area contributed by atoms with E-state index in [0.29, 0.717) is 0 Å². The third kappa shape index (κ3) is 4.81. The Hall–Kier alpha value is -5.48. The Morgan fingerprint density at radius 3 is 1.61 bits per heavy atom. The second-order valence-electron chi connectivity index (χ2n) is 12.4. The normalized spacial score (nSPS) is 12.3. The molecule has 49 heavy (non-hydrogen) atoms. The van der Waals surface area contributed by atoms with Gasteiger partial charge in [-0.05, 0) is 97.0 Å². The maximum Gasteiger partial charge on any atom is 0.134 e. The van der Waals surface area contributed by atoms with Gasteiger partial charge in [0.1, 0.15) is 11.5 Å². The van der Waals surface area contributed by atoms with Crippen molar-refractivity contribution in [1.29, 1.82) is 0 Å². The van der Waals surface area contributed by atoms with Crippen molar-refractivity contribution in [3.8, 4) is 44.9 Å². The van der Waals surface area contributed by atoms with Crippen molar-refractivity contribution in [2.24, 2.45) is 0 Å². The fourth-order valence-electron chi connectivity index (χ4n) is 7.26. The quantitative estimate of drug-likeness (QED) is 0.174. The van der Waals surface area contributed by atoms with E-state index in [0.717, 1.165) is 22.6 Å². The predicted octanol–water partition coefficient (Wildman–Crippen LogP) is 14.0. The lowest BCUT2D eigenvalue weighted by Crippen LogP contribution is -1.94. The number of hydrogen-bond acceptors (Lipinski definition) is 3. The lowest BCUT2D eigenvalue weighted by Gasteiger charge is -2.22. The Balaban J connectivity index is 1.20. The molecule has 0 amide bonds. The summed E-state index contributed by atoms with van der Waals surface area (Å²) in [5.74, 6) is 1.73. The van der Waals surface area contributed by atoms with Gasteiger partial charge in [0.25, 0.3) is 0 Å². The Morgan fingerprint density at radius 1 is 0.306 bits per heavy atom. The van der Waals surface area contributed by atoms with E-state index in [4.69, 9.17) is 4.42 Å². The Kier molecular flexibility index (Phi) is 6.75. The van der Waals surface area contributed by atoms with E-state index < -0.39 is 0 Å². The van der Waals surface area contributed by atoms with Crippen LogP contribution < -0.4 is 0 Å². The molecule has 1 aromatic heterocycles. The van der Waals surface area contributed by atoms with E-state index in [1.165, 1.54) is 74.2 Å². The first kappa shape index (κ1) is 28.5. The van der Waals surface area contributed by atoms with Crippen LogP contribution in [0.2, 0.25) is 0 Å². The highest BCUT2D eigenvalue weighted by Crippen LogP contribution is 2.53. The zero-order valence-corrected chi connectivity index (χ0v) is 28.0. The summed E-state index contributed by atoms with van der Waals surface area (Å²) in [5, 5.41) is 7.70. The fraction of sp³-hybridized carbons (Fsp3) is 0. The van der Waals surface area contributed by atoms with Crippen LogP contribution in [0.25, 0.3) is 77.2 Å². The third-order valence-corrected chi connectivity index (χ3v) is 12.2. The molecule has 0 bridgehead atoms. The summed E-state index contributed by atoms with van der Waals surface area (Å²) in [7, 11) is 0. The van der Waals surface area contributed by atoms with E-state index in [1.807, 2.05) is 41.7 Å².